The van der Waals surface area contributed by atoms with Crippen LogP contribution in [0.4, 0.5) is 8.78 Å². The van der Waals surface area contributed by atoms with Crippen LogP contribution in [0.2, 0.25) is 0 Å². The van der Waals surface area contributed by atoms with Crippen molar-refractivity contribution in [3.8, 4) is 0 Å². The van der Waals surface area contributed by atoms with Crippen LogP contribution in [0.15, 0.2) is 16.6 Å². The number of hydrogen-bond donors (Lipinski definition) is 2. The number of aliphatic hydroxyl groups excluding tert-OH is 2. The summed E-state index contributed by atoms with van der Waals surface area (Å²) < 4.78 is 25.5. The molecule has 1 rings (SSSR count). The van der Waals surface area contributed by atoms with E-state index in [2.05, 4.69) is 15.9 Å². The summed E-state index contributed by atoms with van der Waals surface area (Å²) >= 11 is 2.68. The van der Waals surface area contributed by atoms with E-state index in [0.717, 1.165) is 12.1 Å². The third kappa shape index (κ3) is 2.04. The summed E-state index contributed by atoms with van der Waals surface area (Å²) in [6, 6.07) is 2.11. The summed E-state index contributed by atoms with van der Waals surface area (Å²) in [6.45, 7) is -0.602. The van der Waals surface area contributed by atoms with Gasteiger partial charge in [-0.2, -0.15) is 0 Å². The molecule has 0 saturated heterocycles. The van der Waals surface area contributed by atoms with Gasteiger partial charge in [-0.15, -0.1) is 0 Å². The smallest absolute Gasteiger partial charge is 0.146 e. The first kappa shape index (κ1) is 10.6. The fourth-order valence-electron chi connectivity index (χ4n) is 0.897. The first-order valence-corrected chi connectivity index (χ1v) is 4.29. The Bertz CT molecular complexity index is 317. The summed E-state index contributed by atoms with van der Waals surface area (Å²) in [6.07, 6.45) is -1.32. The van der Waals surface area contributed by atoms with Gasteiger partial charge in [-0.1, -0.05) is 6.07 Å². The molecule has 0 bridgehead atoms. The second kappa shape index (κ2) is 4.13. The molecular formula is C8H7BrF2O2. The third-order valence-electron chi connectivity index (χ3n) is 1.60. The maximum Gasteiger partial charge on any atom is 0.146 e. The van der Waals surface area contributed by atoms with Crippen molar-refractivity contribution in [3.63, 3.8) is 0 Å². The highest BCUT2D eigenvalue weighted by atomic mass is 79.9. The number of rotatable bonds is 2. The van der Waals surface area contributed by atoms with Crippen LogP contribution in [0, 0.1) is 11.6 Å². The van der Waals surface area contributed by atoms with Crippen LogP contribution in [0.25, 0.3) is 0 Å². The Hall–Kier alpha value is -0.520. The molecule has 0 saturated carbocycles. The first-order chi connectivity index (χ1) is 6.07. The molecule has 0 fully saturated rings. The largest absolute Gasteiger partial charge is 0.393 e. The highest BCUT2D eigenvalue weighted by Crippen LogP contribution is 2.26. The van der Waals surface area contributed by atoms with Crippen LogP contribution in [-0.4, -0.2) is 16.8 Å². The number of hydrogen-bond acceptors (Lipinski definition) is 2. The fourth-order valence-corrected chi connectivity index (χ4v) is 1.26. The quantitative estimate of drug-likeness (QED) is 0.788. The van der Waals surface area contributed by atoms with Crippen molar-refractivity contribution in [2.45, 2.75) is 6.10 Å². The van der Waals surface area contributed by atoms with Gasteiger partial charge in [-0.3, -0.25) is 0 Å². The van der Waals surface area contributed by atoms with Crippen LogP contribution in [0.1, 0.15) is 11.7 Å². The van der Waals surface area contributed by atoms with E-state index >= 15 is 0 Å². The molecule has 0 spiro atoms. The van der Waals surface area contributed by atoms with Crippen LogP contribution in [0.3, 0.4) is 0 Å². The van der Waals surface area contributed by atoms with Gasteiger partial charge in [0.1, 0.15) is 17.7 Å². The summed E-state index contributed by atoms with van der Waals surface area (Å²) in [7, 11) is 0. The Morgan fingerprint density at radius 1 is 1.38 bits per heavy atom. The Kier molecular flexibility index (Phi) is 3.35. The lowest BCUT2D eigenvalue weighted by Crippen LogP contribution is -2.06. The highest BCUT2D eigenvalue weighted by Gasteiger charge is 2.16. The van der Waals surface area contributed by atoms with E-state index in [1.54, 1.807) is 0 Å². The SMILES string of the molecule is OCC(O)c1ccc(F)c(Br)c1F. The van der Waals surface area contributed by atoms with Crippen molar-refractivity contribution in [3.05, 3.63) is 33.8 Å². The maximum absolute atomic E-state index is 13.1. The van der Waals surface area contributed by atoms with Crippen LogP contribution in [-0.2, 0) is 0 Å². The second-order valence-electron chi connectivity index (χ2n) is 2.46. The number of aliphatic hydroxyl groups is 2. The second-order valence-corrected chi connectivity index (χ2v) is 3.26. The van der Waals surface area contributed by atoms with Crippen LogP contribution < -0.4 is 0 Å². The van der Waals surface area contributed by atoms with Gasteiger partial charge in [0, 0.05) is 5.56 Å². The van der Waals surface area contributed by atoms with Crippen molar-refractivity contribution in [1.29, 1.82) is 0 Å². The minimum Gasteiger partial charge on any atom is -0.393 e. The van der Waals surface area contributed by atoms with Crippen molar-refractivity contribution >= 4 is 15.9 Å². The molecule has 0 aliphatic rings. The fraction of sp³-hybridized carbons (Fsp3) is 0.250. The Labute approximate surface area is 81.9 Å². The summed E-state index contributed by atoms with van der Waals surface area (Å²) in [5, 5.41) is 17.6. The molecule has 2 N–H and O–H groups in total. The van der Waals surface area contributed by atoms with Gasteiger partial charge in [0.25, 0.3) is 0 Å². The molecule has 5 heteroatoms. The van der Waals surface area contributed by atoms with E-state index in [-0.39, 0.29) is 10.0 Å². The maximum atomic E-state index is 13.1. The predicted molar refractivity (Wildman–Crippen MR) is 46.1 cm³/mol. The molecule has 1 unspecified atom stereocenters. The van der Waals surface area contributed by atoms with Crippen molar-refractivity contribution in [1.82, 2.24) is 0 Å². The predicted octanol–water partition coefficient (Wildman–Crippen LogP) is 1.75. The van der Waals surface area contributed by atoms with Crippen LogP contribution >= 0.6 is 15.9 Å². The minimum atomic E-state index is -1.32. The minimum absolute atomic E-state index is 0.129. The zero-order valence-electron chi connectivity index (χ0n) is 6.47. The lowest BCUT2D eigenvalue weighted by Gasteiger charge is -2.09. The summed E-state index contributed by atoms with van der Waals surface area (Å²) in [5.74, 6) is -1.63. The average Bonchev–Trinajstić information content (AvgIpc) is 2.13. The van der Waals surface area contributed by atoms with E-state index in [9.17, 15) is 8.78 Å². The molecule has 0 radical (unpaired) electrons. The molecule has 2 nitrogen and oxygen atoms in total. The van der Waals surface area contributed by atoms with E-state index < -0.39 is 24.3 Å². The van der Waals surface area contributed by atoms with E-state index in [0.29, 0.717) is 0 Å². The zero-order chi connectivity index (χ0) is 10.0. The molecule has 0 aromatic heterocycles. The Morgan fingerprint density at radius 3 is 2.54 bits per heavy atom. The van der Waals surface area contributed by atoms with Gasteiger partial charge in [0.2, 0.25) is 0 Å². The Balaban J connectivity index is 3.18. The number of halogens is 3. The van der Waals surface area contributed by atoms with Crippen molar-refractivity contribution in [2.24, 2.45) is 0 Å². The molecule has 1 aromatic rings. The monoisotopic (exact) mass is 252 g/mol. The van der Waals surface area contributed by atoms with Gasteiger partial charge in [0.05, 0.1) is 11.1 Å². The lowest BCUT2D eigenvalue weighted by molar-refractivity contribution is 0.0924. The van der Waals surface area contributed by atoms with Gasteiger partial charge in [0.15, 0.2) is 0 Å². The van der Waals surface area contributed by atoms with Gasteiger partial charge in [-0.25, -0.2) is 8.78 Å². The average molecular weight is 253 g/mol. The highest BCUT2D eigenvalue weighted by molar-refractivity contribution is 9.10. The topological polar surface area (TPSA) is 40.5 Å². The Morgan fingerprint density at radius 2 is 2.00 bits per heavy atom. The molecule has 0 aliphatic heterocycles. The molecular weight excluding hydrogens is 246 g/mol. The molecule has 0 heterocycles. The van der Waals surface area contributed by atoms with Gasteiger partial charge in [-0.05, 0) is 22.0 Å². The molecule has 1 atom stereocenters. The zero-order valence-corrected chi connectivity index (χ0v) is 8.05. The van der Waals surface area contributed by atoms with E-state index in [4.69, 9.17) is 10.2 Å². The van der Waals surface area contributed by atoms with E-state index in [1.165, 1.54) is 0 Å². The first-order valence-electron chi connectivity index (χ1n) is 3.50. The molecule has 1 aromatic carbocycles. The molecule has 13 heavy (non-hydrogen) atoms. The van der Waals surface area contributed by atoms with E-state index in [1.807, 2.05) is 0 Å². The van der Waals surface area contributed by atoms with Crippen molar-refractivity contribution in [2.75, 3.05) is 6.61 Å². The number of benzene rings is 1. The molecule has 72 valence electrons. The lowest BCUT2D eigenvalue weighted by atomic mass is 10.1. The molecule has 0 amide bonds. The van der Waals surface area contributed by atoms with Crippen molar-refractivity contribution < 1.29 is 19.0 Å². The van der Waals surface area contributed by atoms with Gasteiger partial charge < -0.3 is 10.2 Å². The van der Waals surface area contributed by atoms with Crippen LogP contribution in [0.5, 0.6) is 0 Å². The third-order valence-corrected chi connectivity index (χ3v) is 2.32. The normalized spacial score (nSPS) is 13.0. The molecule has 0 aliphatic carbocycles. The summed E-state index contributed by atoms with van der Waals surface area (Å²) in [5.41, 5.74) is -0.129. The standard InChI is InChI=1S/C8H7BrF2O2/c9-7-5(10)2-1-4(8(7)11)6(13)3-12/h1-2,6,12-13H,3H2. The van der Waals surface area contributed by atoms with Gasteiger partial charge >= 0.3 is 0 Å². The summed E-state index contributed by atoms with van der Waals surface area (Å²) in [4.78, 5) is 0.